The summed E-state index contributed by atoms with van der Waals surface area (Å²) in [5.74, 6) is 0.110. The molecule has 4 aromatic carbocycles. The molecule has 4 aromatic rings. The van der Waals surface area contributed by atoms with E-state index in [1.54, 1.807) is 24.1 Å². The van der Waals surface area contributed by atoms with Gasteiger partial charge in [-0.15, -0.1) is 0 Å². The van der Waals surface area contributed by atoms with Crippen molar-refractivity contribution in [2.75, 3.05) is 25.5 Å². The highest BCUT2D eigenvalue weighted by atomic mass is 19.1. The van der Waals surface area contributed by atoms with E-state index in [0.29, 0.717) is 11.4 Å². The van der Waals surface area contributed by atoms with Crippen LogP contribution in [0.25, 0.3) is 11.1 Å². The van der Waals surface area contributed by atoms with E-state index < -0.39 is 6.04 Å². The fraction of sp³-hybridized carbons (Fsp3) is 0.152. The van der Waals surface area contributed by atoms with Crippen LogP contribution in [0.5, 0.6) is 5.75 Å². The minimum atomic E-state index is -0.392. The van der Waals surface area contributed by atoms with Crippen LogP contribution in [0.2, 0.25) is 0 Å². The summed E-state index contributed by atoms with van der Waals surface area (Å²) in [6, 6.07) is 30.3. The van der Waals surface area contributed by atoms with E-state index in [1.807, 2.05) is 91.0 Å². The number of carbonyl (C=O) groups is 2. The maximum absolute atomic E-state index is 13.8. The molecule has 0 spiro atoms. The second-order valence-electron chi connectivity index (χ2n) is 9.52. The fourth-order valence-electron chi connectivity index (χ4n) is 4.79. The smallest absolute Gasteiger partial charge is 0.322 e. The number of ether oxygens (including phenoxy) is 1. The number of hydrogen-bond acceptors (Lipinski definition) is 3. The molecule has 1 atom stereocenters. The number of urea groups is 1. The Kier molecular flexibility index (Phi) is 8.21. The second kappa shape index (κ2) is 12.3. The van der Waals surface area contributed by atoms with Crippen LogP contribution in [0.4, 0.5) is 14.9 Å². The van der Waals surface area contributed by atoms with Gasteiger partial charge >= 0.3 is 6.03 Å². The van der Waals surface area contributed by atoms with Crippen molar-refractivity contribution in [3.05, 3.63) is 132 Å². The molecule has 3 amide bonds. The number of halogens is 1. The minimum absolute atomic E-state index is 0.120. The summed E-state index contributed by atoms with van der Waals surface area (Å²) in [6.45, 7) is 0.388. The molecule has 1 aliphatic heterocycles. The van der Waals surface area contributed by atoms with Crippen molar-refractivity contribution in [3.63, 3.8) is 0 Å². The molecule has 40 heavy (non-hydrogen) atoms. The number of para-hydroxylation sites is 1. The van der Waals surface area contributed by atoms with Crippen molar-refractivity contribution >= 4 is 17.6 Å². The molecule has 5 rings (SSSR count). The number of hydrogen-bond donors (Lipinski definition) is 1. The van der Waals surface area contributed by atoms with E-state index in [1.165, 1.54) is 17.0 Å². The van der Waals surface area contributed by atoms with E-state index in [4.69, 9.17) is 4.74 Å². The molecule has 1 N–H and O–H groups in total. The summed E-state index contributed by atoms with van der Waals surface area (Å²) < 4.78 is 19.0. The van der Waals surface area contributed by atoms with Crippen molar-refractivity contribution in [2.45, 2.75) is 12.6 Å². The standard InChI is InChI=1S/C33H30FN3O3/c1-40-28-12-7-11-26(21-28)31-15-8-20-36(23-32(38)37(31)22-24-16-18-27(34)19-17-24)33(39)35-30-14-6-5-13-29(30)25-9-3-2-4-10-25/h2-19,21,31H,20,22-23H2,1H3,(H,35,39)/b15-8-/t31-/m1/s1. The Balaban J connectivity index is 1.42. The molecular formula is C33H30FN3O3. The molecule has 0 radical (unpaired) electrons. The third-order valence-corrected chi connectivity index (χ3v) is 6.87. The highest BCUT2D eigenvalue weighted by Crippen LogP contribution is 2.30. The third kappa shape index (κ3) is 6.21. The zero-order valence-corrected chi connectivity index (χ0v) is 22.2. The number of nitrogens with zero attached hydrogens (tertiary/aromatic N) is 2. The maximum atomic E-state index is 13.8. The van der Waals surface area contributed by atoms with E-state index in [0.717, 1.165) is 22.3 Å². The average Bonchev–Trinajstić information content (AvgIpc) is 2.98. The van der Waals surface area contributed by atoms with Gasteiger partial charge in [-0.1, -0.05) is 84.9 Å². The van der Waals surface area contributed by atoms with Crippen molar-refractivity contribution in [2.24, 2.45) is 0 Å². The molecule has 1 heterocycles. The van der Waals surface area contributed by atoms with Crippen molar-refractivity contribution in [1.82, 2.24) is 9.80 Å². The lowest BCUT2D eigenvalue weighted by atomic mass is 10.0. The van der Waals surface area contributed by atoms with Crippen LogP contribution in [-0.2, 0) is 11.3 Å². The molecule has 6 nitrogen and oxygen atoms in total. The van der Waals surface area contributed by atoms with Gasteiger partial charge < -0.3 is 19.9 Å². The lowest BCUT2D eigenvalue weighted by molar-refractivity contribution is -0.134. The molecule has 0 aromatic heterocycles. The summed E-state index contributed by atoms with van der Waals surface area (Å²) in [6.07, 6.45) is 3.82. The van der Waals surface area contributed by atoms with Crippen molar-refractivity contribution in [3.8, 4) is 16.9 Å². The van der Waals surface area contributed by atoms with Crippen molar-refractivity contribution < 1.29 is 18.7 Å². The van der Waals surface area contributed by atoms with Crippen LogP contribution in [0.1, 0.15) is 17.2 Å². The van der Waals surface area contributed by atoms with Crippen LogP contribution in [0.15, 0.2) is 115 Å². The van der Waals surface area contributed by atoms with Gasteiger partial charge in [0.2, 0.25) is 5.91 Å². The van der Waals surface area contributed by atoms with Gasteiger partial charge in [-0.2, -0.15) is 0 Å². The molecule has 0 aliphatic carbocycles. The minimum Gasteiger partial charge on any atom is -0.497 e. The van der Waals surface area contributed by atoms with E-state index in [2.05, 4.69) is 5.32 Å². The highest BCUT2D eigenvalue weighted by Gasteiger charge is 2.29. The molecular weight excluding hydrogens is 505 g/mol. The molecule has 0 saturated carbocycles. The lowest BCUT2D eigenvalue weighted by Crippen LogP contribution is -2.46. The zero-order chi connectivity index (χ0) is 27.9. The largest absolute Gasteiger partial charge is 0.497 e. The van der Waals surface area contributed by atoms with Crippen LogP contribution >= 0.6 is 0 Å². The Morgan fingerprint density at radius 1 is 0.950 bits per heavy atom. The summed E-state index contributed by atoms with van der Waals surface area (Å²) >= 11 is 0. The topological polar surface area (TPSA) is 61.9 Å². The number of anilines is 1. The first-order valence-electron chi connectivity index (χ1n) is 13.1. The molecule has 0 bridgehead atoms. The molecule has 1 aliphatic rings. The Labute approximate surface area is 233 Å². The molecule has 7 heteroatoms. The number of nitrogens with one attached hydrogen (secondary N) is 1. The first-order valence-corrected chi connectivity index (χ1v) is 13.1. The predicted octanol–water partition coefficient (Wildman–Crippen LogP) is 6.68. The molecule has 202 valence electrons. The maximum Gasteiger partial charge on any atom is 0.322 e. The number of carbonyl (C=O) groups excluding carboxylic acids is 2. The lowest BCUT2D eigenvalue weighted by Gasteiger charge is -2.34. The Hall–Kier alpha value is -4.91. The number of rotatable bonds is 6. The monoisotopic (exact) mass is 535 g/mol. The number of methoxy groups -OCH3 is 1. The quantitative estimate of drug-likeness (QED) is 0.280. The van der Waals surface area contributed by atoms with Gasteiger partial charge in [0.25, 0.3) is 0 Å². The van der Waals surface area contributed by atoms with Crippen molar-refractivity contribution in [1.29, 1.82) is 0 Å². The van der Waals surface area contributed by atoms with Gasteiger partial charge in [0.1, 0.15) is 18.1 Å². The second-order valence-corrected chi connectivity index (χ2v) is 9.52. The average molecular weight is 536 g/mol. The highest BCUT2D eigenvalue weighted by molar-refractivity contribution is 5.96. The van der Waals surface area contributed by atoms with Crippen LogP contribution in [-0.4, -0.2) is 41.9 Å². The molecule has 0 unspecified atom stereocenters. The summed E-state index contributed by atoms with van der Waals surface area (Å²) in [5.41, 5.74) is 4.19. The van der Waals surface area contributed by atoms with Gasteiger partial charge in [0, 0.05) is 18.7 Å². The first-order chi connectivity index (χ1) is 19.5. The Morgan fingerprint density at radius 3 is 2.48 bits per heavy atom. The van der Waals surface area contributed by atoms with E-state index >= 15 is 0 Å². The van der Waals surface area contributed by atoms with Gasteiger partial charge in [0.15, 0.2) is 0 Å². The summed E-state index contributed by atoms with van der Waals surface area (Å²) in [7, 11) is 1.60. The predicted molar refractivity (Wildman–Crippen MR) is 154 cm³/mol. The van der Waals surface area contributed by atoms with Gasteiger partial charge in [0.05, 0.1) is 18.8 Å². The van der Waals surface area contributed by atoms with E-state index in [9.17, 15) is 14.0 Å². The first kappa shape index (κ1) is 26.7. The number of benzene rings is 4. The van der Waals surface area contributed by atoms with Gasteiger partial charge in [-0.05, 0) is 47.0 Å². The zero-order valence-electron chi connectivity index (χ0n) is 22.2. The SMILES string of the molecule is COc1cccc([C@H]2/C=C\CN(C(=O)Nc3ccccc3-c3ccccc3)CC(=O)N2Cc2ccc(F)cc2)c1. The van der Waals surface area contributed by atoms with Crippen LogP contribution < -0.4 is 10.1 Å². The Bertz CT molecular complexity index is 1510. The van der Waals surface area contributed by atoms with Gasteiger partial charge in [-0.25, -0.2) is 9.18 Å². The molecule has 0 saturated heterocycles. The Morgan fingerprint density at radius 2 is 1.70 bits per heavy atom. The van der Waals surface area contributed by atoms with Crippen LogP contribution in [0, 0.1) is 5.82 Å². The summed E-state index contributed by atoms with van der Waals surface area (Å²) in [5, 5.41) is 3.00. The van der Waals surface area contributed by atoms with Gasteiger partial charge in [-0.3, -0.25) is 4.79 Å². The number of amides is 3. The summed E-state index contributed by atoms with van der Waals surface area (Å²) in [4.78, 5) is 30.4. The normalized spacial score (nSPS) is 16.1. The fourth-order valence-corrected chi connectivity index (χ4v) is 4.79. The molecule has 0 fully saturated rings. The van der Waals surface area contributed by atoms with E-state index in [-0.39, 0.29) is 37.4 Å². The van der Waals surface area contributed by atoms with Crippen LogP contribution in [0.3, 0.4) is 0 Å². The third-order valence-electron chi connectivity index (χ3n) is 6.87.